The van der Waals surface area contributed by atoms with Crippen molar-refractivity contribution >= 4 is 5.69 Å². The topological polar surface area (TPSA) is 71.2 Å². The first-order valence-corrected chi connectivity index (χ1v) is 10.3. The molecule has 2 aliphatic heterocycles. The fourth-order valence-corrected chi connectivity index (χ4v) is 4.88. The van der Waals surface area contributed by atoms with Crippen LogP contribution in [0.3, 0.4) is 0 Å². The van der Waals surface area contributed by atoms with E-state index < -0.39 is 0 Å². The Morgan fingerprint density at radius 1 is 1.19 bits per heavy atom. The van der Waals surface area contributed by atoms with E-state index in [0.29, 0.717) is 13.2 Å². The Labute approximate surface area is 162 Å². The summed E-state index contributed by atoms with van der Waals surface area (Å²) >= 11 is 0. The Morgan fingerprint density at radius 3 is 2.67 bits per heavy atom. The van der Waals surface area contributed by atoms with Crippen molar-refractivity contribution in [2.24, 2.45) is 11.1 Å². The summed E-state index contributed by atoms with van der Waals surface area (Å²) < 4.78 is 11.4. The van der Waals surface area contributed by atoms with Gasteiger partial charge in [-0.2, -0.15) is 0 Å². The monoisotopic (exact) mass is 375 g/mol. The smallest absolute Gasteiger partial charge is 0.0682 e. The Balaban J connectivity index is 1.33. The zero-order valence-corrected chi connectivity index (χ0v) is 16.2. The average Bonchev–Trinajstić information content (AvgIpc) is 2.72. The number of nitrogens with two attached hydrogens (primary N) is 1. The maximum atomic E-state index is 10.4. The number of anilines is 1. The van der Waals surface area contributed by atoms with E-state index in [1.807, 2.05) is 0 Å². The molecule has 2 saturated heterocycles. The van der Waals surface area contributed by atoms with Gasteiger partial charge in [0.15, 0.2) is 0 Å². The second-order valence-electron chi connectivity index (χ2n) is 8.18. The lowest BCUT2D eigenvalue weighted by Crippen LogP contribution is -2.62. The van der Waals surface area contributed by atoms with Crippen molar-refractivity contribution in [1.29, 1.82) is 0 Å². The van der Waals surface area contributed by atoms with Crippen molar-refractivity contribution in [3.05, 3.63) is 29.8 Å². The summed E-state index contributed by atoms with van der Waals surface area (Å²) in [4.78, 5) is 4.91. The summed E-state index contributed by atoms with van der Waals surface area (Å²) in [5.41, 5.74) is 8.20. The van der Waals surface area contributed by atoms with Crippen molar-refractivity contribution in [1.82, 2.24) is 4.90 Å². The Morgan fingerprint density at radius 2 is 1.96 bits per heavy atom. The number of ether oxygens (including phenoxy) is 2. The first-order valence-electron chi connectivity index (χ1n) is 10.3. The zero-order valence-electron chi connectivity index (χ0n) is 16.2. The number of likely N-dealkylation sites (tertiary alicyclic amines) is 1. The molecule has 6 nitrogen and oxygen atoms in total. The molecule has 1 aromatic carbocycles. The summed E-state index contributed by atoms with van der Waals surface area (Å²) in [7, 11) is 0. The fourth-order valence-electron chi connectivity index (χ4n) is 4.88. The summed E-state index contributed by atoms with van der Waals surface area (Å²) in [6, 6.07) is 8.91. The van der Waals surface area contributed by atoms with Gasteiger partial charge < -0.3 is 25.2 Å². The van der Waals surface area contributed by atoms with Crippen molar-refractivity contribution < 1.29 is 14.6 Å². The van der Waals surface area contributed by atoms with Gasteiger partial charge in [-0.3, -0.25) is 4.90 Å². The normalized spacial score (nSPS) is 28.3. The first kappa shape index (κ1) is 19.2. The van der Waals surface area contributed by atoms with Crippen LogP contribution in [-0.4, -0.2) is 74.8 Å². The second kappa shape index (κ2) is 8.45. The minimum absolute atomic E-state index is 0.0404. The Bertz CT molecular complexity index is 612. The molecule has 2 atom stereocenters. The molecule has 2 unspecified atom stereocenters. The predicted molar refractivity (Wildman–Crippen MR) is 106 cm³/mol. The van der Waals surface area contributed by atoms with Crippen LogP contribution in [0.15, 0.2) is 24.3 Å². The molecule has 6 heteroatoms. The van der Waals surface area contributed by atoms with Crippen molar-refractivity contribution in [3.63, 3.8) is 0 Å². The van der Waals surface area contributed by atoms with Crippen LogP contribution in [0.4, 0.5) is 5.69 Å². The summed E-state index contributed by atoms with van der Waals surface area (Å²) in [5, 5.41) is 10.4. The molecule has 150 valence electrons. The van der Waals surface area contributed by atoms with E-state index in [1.54, 1.807) is 0 Å². The third-order valence-electron chi connectivity index (χ3n) is 6.66. The number of rotatable bonds is 6. The zero-order chi connectivity index (χ0) is 18.7. The largest absolute Gasteiger partial charge is 0.392 e. The maximum Gasteiger partial charge on any atom is 0.0682 e. The van der Waals surface area contributed by atoms with Crippen LogP contribution in [0.5, 0.6) is 0 Å². The van der Waals surface area contributed by atoms with Gasteiger partial charge in [0, 0.05) is 43.7 Å². The van der Waals surface area contributed by atoms with Gasteiger partial charge in [0.1, 0.15) is 0 Å². The number of aliphatic hydroxyl groups is 1. The van der Waals surface area contributed by atoms with E-state index in [4.69, 9.17) is 15.2 Å². The molecule has 3 fully saturated rings. The van der Waals surface area contributed by atoms with Crippen molar-refractivity contribution in [3.8, 4) is 0 Å². The van der Waals surface area contributed by atoms with E-state index in [-0.39, 0.29) is 17.6 Å². The molecule has 0 bridgehead atoms. The maximum absolute atomic E-state index is 10.4. The molecule has 3 N–H and O–H groups in total. The Kier molecular flexibility index (Phi) is 5.99. The number of benzene rings is 1. The third-order valence-corrected chi connectivity index (χ3v) is 6.66. The molecule has 2 heterocycles. The van der Waals surface area contributed by atoms with Gasteiger partial charge in [0.05, 0.1) is 32.0 Å². The number of aliphatic hydroxyl groups excluding tert-OH is 1. The number of morpholine rings is 1. The molecule has 1 spiro atoms. The molecule has 0 radical (unpaired) electrons. The minimum Gasteiger partial charge on any atom is -0.392 e. The van der Waals surface area contributed by atoms with Crippen LogP contribution < -0.4 is 10.6 Å². The molecular weight excluding hydrogens is 342 g/mol. The molecule has 27 heavy (non-hydrogen) atoms. The lowest BCUT2D eigenvalue weighted by Gasteiger charge is -2.56. The van der Waals surface area contributed by atoms with Crippen LogP contribution in [0.25, 0.3) is 0 Å². The lowest BCUT2D eigenvalue weighted by molar-refractivity contribution is -0.210. The molecule has 1 saturated carbocycles. The molecule has 0 amide bonds. The average molecular weight is 376 g/mol. The molecule has 4 rings (SSSR count). The molecule has 1 aromatic rings. The minimum atomic E-state index is -0.216. The summed E-state index contributed by atoms with van der Waals surface area (Å²) in [6.07, 6.45) is 2.75. The molecule has 1 aliphatic carbocycles. The van der Waals surface area contributed by atoms with Gasteiger partial charge in [0.2, 0.25) is 0 Å². The van der Waals surface area contributed by atoms with Crippen LogP contribution in [0.1, 0.15) is 24.8 Å². The Hall–Kier alpha value is -1.18. The van der Waals surface area contributed by atoms with Crippen LogP contribution in [0, 0.1) is 5.41 Å². The van der Waals surface area contributed by atoms with Gasteiger partial charge >= 0.3 is 0 Å². The van der Waals surface area contributed by atoms with Gasteiger partial charge in [0.25, 0.3) is 0 Å². The van der Waals surface area contributed by atoms with Crippen LogP contribution >= 0.6 is 0 Å². The molecule has 0 aromatic heterocycles. The van der Waals surface area contributed by atoms with E-state index in [0.717, 1.165) is 65.2 Å². The second-order valence-corrected chi connectivity index (χ2v) is 8.18. The van der Waals surface area contributed by atoms with E-state index >= 15 is 0 Å². The number of nitrogens with zero attached hydrogens (tertiary/aromatic N) is 2. The van der Waals surface area contributed by atoms with E-state index in [2.05, 4.69) is 34.1 Å². The quantitative estimate of drug-likeness (QED) is 0.779. The van der Waals surface area contributed by atoms with Gasteiger partial charge in [-0.25, -0.2) is 0 Å². The van der Waals surface area contributed by atoms with Crippen LogP contribution in [-0.2, 0) is 16.0 Å². The highest BCUT2D eigenvalue weighted by atomic mass is 16.5. The summed E-state index contributed by atoms with van der Waals surface area (Å²) in [6.45, 7) is 7.71. The van der Waals surface area contributed by atoms with Crippen molar-refractivity contribution in [2.45, 2.75) is 38.0 Å². The molecule has 3 aliphatic rings. The standard InChI is InChI=1S/C21H33N3O3/c22-6-11-27-20-15-19(25)21(20)4-7-23(8-5-21)16-17-2-1-3-18(14-17)24-9-12-26-13-10-24/h1-3,14,19-20,25H,4-13,15-16,22H2. The van der Waals surface area contributed by atoms with Gasteiger partial charge in [-0.05, 0) is 43.6 Å². The predicted octanol–water partition coefficient (Wildman–Crippen LogP) is 1.21. The van der Waals surface area contributed by atoms with Gasteiger partial charge in [-0.15, -0.1) is 0 Å². The SMILES string of the molecule is NCCOC1CC(O)C12CCN(Cc1cccc(N3CCOCC3)c1)CC2. The highest BCUT2D eigenvalue weighted by Crippen LogP contribution is 2.51. The lowest BCUT2D eigenvalue weighted by atomic mass is 9.58. The van der Waals surface area contributed by atoms with Crippen molar-refractivity contribution in [2.75, 3.05) is 57.4 Å². The number of hydrogen-bond donors (Lipinski definition) is 2. The number of piperidine rings is 1. The number of hydrogen-bond acceptors (Lipinski definition) is 6. The van der Waals surface area contributed by atoms with Crippen LogP contribution in [0.2, 0.25) is 0 Å². The third kappa shape index (κ3) is 4.00. The first-order chi connectivity index (χ1) is 13.2. The fraction of sp³-hybridized carbons (Fsp3) is 0.714. The van der Waals surface area contributed by atoms with E-state index in [9.17, 15) is 5.11 Å². The summed E-state index contributed by atoms with van der Waals surface area (Å²) in [5.74, 6) is 0. The highest BCUT2D eigenvalue weighted by molar-refractivity contribution is 5.49. The molecular formula is C21H33N3O3. The van der Waals surface area contributed by atoms with E-state index in [1.165, 1.54) is 11.3 Å². The highest BCUT2D eigenvalue weighted by Gasteiger charge is 2.55. The van der Waals surface area contributed by atoms with Gasteiger partial charge in [-0.1, -0.05) is 12.1 Å².